The molecule has 0 radical (unpaired) electrons. The van der Waals surface area contributed by atoms with Crippen LogP contribution in [0.1, 0.15) is 6.42 Å². The van der Waals surface area contributed by atoms with Crippen molar-refractivity contribution in [2.75, 3.05) is 6.61 Å². The molecule has 48 valence electrons. The van der Waals surface area contributed by atoms with E-state index in [9.17, 15) is 9.90 Å². The first kappa shape index (κ1) is 11.7. The maximum Gasteiger partial charge on any atom is 1.00 e. The smallest absolute Gasteiger partial charge is 0.547 e. The molecule has 0 rings (SSSR count). The summed E-state index contributed by atoms with van der Waals surface area (Å²) in [6.07, 6.45) is -1.69. The number of aliphatic hydroxyl groups excluding tert-OH is 2. The van der Waals surface area contributed by atoms with Gasteiger partial charge in [-0.2, -0.15) is 0 Å². The second kappa shape index (κ2) is 6.11. The molecular formula is C4H7LiO4. The monoisotopic (exact) mass is 126 g/mol. The van der Waals surface area contributed by atoms with Gasteiger partial charge in [0.25, 0.3) is 0 Å². The fourth-order valence-electron chi connectivity index (χ4n) is 0.240. The molecule has 9 heavy (non-hydrogen) atoms. The Morgan fingerprint density at radius 1 is 1.67 bits per heavy atom. The maximum atomic E-state index is 9.62. The van der Waals surface area contributed by atoms with Gasteiger partial charge in [-0.3, -0.25) is 0 Å². The second-order valence-electron chi connectivity index (χ2n) is 1.35. The van der Waals surface area contributed by atoms with E-state index in [0.29, 0.717) is 0 Å². The molecule has 5 heteroatoms. The molecule has 0 amide bonds. The minimum Gasteiger partial charge on any atom is -0.547 e. The van der Waals surface area contributed by atoms with Crippen LogP contribution < -0.4 is 24.0 Å². The van der Waals surface area contributed by atoms with Crippen molar-refractivity contribution in [1.29, 1.82) is 0 Å². The van der Waals surface area contributed by atoms with Gasteiger partial charge in [-0.25, -0.2) is 0 Å². The van der Waals surface area contributed by atoms with Crippen LogP contribution in [0.2, 0.25) is 0 Å². The Balaban J connectivity index is 0. The van der Waals surface area contributed by atoms with Crippen LogP contribution >= 0.6 is 0 Å². The summed E-state index contributed by atoms with van der Waals surface area (Å²) in [4.78, 5) is 9.62. The van der Waals surface area contributed by atoms with Gasteiger partial charge in [0, 0.05) is 13.0 Å². The van der Waals surface area contributed by atoms with Crippen LogP contribution in [0.25, 0.3) is 0 Å². The molecule has 0 aliphatic rings. The van der Waals surface area contributed by atoms with Crippen LogP contribution in [0.4, 0.5) is 0 Å². The Kier molecular flexibility index (Phi) is 7.98. The molecule has 4 nitrogen and oxygen atoms in total. The standard InChI is InChI=1S/C4H8O4.Li/c5-2-1-3(6)4(7)8;/h3,5-6H,1-2H2,(H,7,8);/q;+1/p-1. The molecule has 0 heterocycles. The van der Waals surface area contributed by atoms with Gasteiger partial charge in [-0.05, 0) is 0 Å². The zero-order chi connectivity index (χ0) is 6.57. The van der Waals surface area contributed by atoms with E-state index in [0.717, 1.165) is 0 Å². The van der Waals surface area contributed by atoms with Crippen molar-refractivity contribution in [2.24, 2.45) is 0 Å². The van der Waals surface area contributed by atoms with Crippen molar-refractivity contribution in [3.63, 3.8) is 0 Å². The number of aliphatic carboxylic acids is 1. The summed E-state index contributed by atoms with van der Waals surface area (Å²) in [6, 6.07) is 0. The Hall–Kier alpha value is -0.0126. The molecule has 1 atom stereocenters. The van der Waals surface area contributed by atoms with Crippen molar-refractivity contribution in [1.82, 2.24) is 0 Å². The van der Waals surface area contributed by atoms with E-state index in [1.54, 1.807) is 0 Å². The van der Waals surface area contributed by atoms with Crippen LogP contribution in [-0.4, -0.2) is 28.9 Å². The minimum atomic E-state index is -1.54. The Bertz CT molecular complexity index is 84.6. The van der Waals surface area contributed by atoms with Crippen LogP contribution in [0.3, 0.4) is 0 Å². The summed E-state index contributed by atoms with van der Waals surface area (Å²) in [5.74, 6) is -1.54. The number of carboxylic acids is 1. The van der Waals surface area contributed by atoms with Crippen LogP contribution in [0.5, 0.6) is 0 Å². The van der Waals surface area contributed by atoms with Crippen molar-refractivity contribution < 1.29 is 39.0 Å². The fourth-order valence-corrected chi connectivity index (χ4v) is 0.240. The number of carboxylic acid groups (broad SMARTS) is 1. The van der Waals surface area contributed by atoms with E-state index < -0.39 is 12.1 Å². The topological polar surface area (TPSA) is 80.6 Å². The summed E-state index contributed by atoms with van der Waals surface area (Å²) in [7, 11) is 0. The second-order valence-corrected chi connectivity index (χ2v) is 1.35. The summed E-state index contributed by atoms with van der Waals surface area (Å²) < 4.78 is 0. The Morgan fingerprint density at radius 3 is 2.22 bits per heavy atom. The molecule has 1 unspecified atom stereocenters. The normalized spacial score (nSPS) is 11.8. The first-order chi connectivity index (χ1) is 3.68. The molecule has 0 aromatic rings. The summed E-state index contributed by atoms with van der Waals surface area (Å²) in [5.41, 5.74) is 0. The van der Waals surface area contributed by atoms with E-state index in [2.05, 4.69) is 0 Å². The maximum absolute atomic E-state index is 9.62. The number of hydrogen-bond acceptors (Lipinski definition) is 4. The summed E-state index contributed by atoms with van der Waals surface area (Å²) in [6.45, 7) is -0.338. The molecular weight excluding hydrogens is 119 g/mol. The van der Waals surface area contributed by atoms with Crippen molar-refractivity contribution in [3.05, 3.63) is 0 Å². The van der Waals surface area contributed by atoms with E-state index >= 15 is 0 Å². The Morgan fingerprint density at radius 2 is 2.11 bits per heavy atom. The van der Waals surface area contributed by atoms with Crippen molar-refractivity contribution >= 4 is 5.97 Å². The number of aliphatic hydroxyl groups is 2. The first-order valence-corrected chi connectivity index (χ1v) is 2.18. The number of carbonyl (C=O) groups is 1. The van der Waals surface area contributed by atoms with Gasteiger partial charge in [-0.1, -0.05) is 0 Å². The van der Waals surface area contributed by atoms with Crippen LogP contribution in [-0.2, 0) is 4.79 Å². The Labute approximate surface area is 64.7 Å². The molecule has 0 saturated carbocycles. The minimum absolute atomic E-state index is 0. The average Bonchev–Trinajstić information content (AvgIpc) is 1.67. The van der Waals surface area contributed by atoms with Crippen molar-refractivity contribution in [3.8, 4) is 0 Å². The third-order valence-electron chi connectivity index (χ3n) is 0.675. The molecule has 0 aromatic heterocycles. The van der Waals surface area contributed by atoms with Gasteiger partial charge >= 0.3 is 18.9 Å². The average molecular weight is 126 g/mol. The SMILES string of the molecule is O=C([O-])C(O)CCO.[Li+]. The third kappa shape index (κ3) is 5.86. The predicted octanol–water partition coefficient (Wildman–Crippen LogP) is -5.52. The van der Waals surface area contributed by atoms with Crippen LogP contribution in [0, 0.1) is 0 Å². The first-order valence-electron chi connectivity index (χ1n) is 2.18. The zero-order valence-electron chi connectivity index (χ0n) is 5.20. The van der Waals surface area contributed by atoms with Gasteiger partial charge in [-0.15, -0.1) is 0 Å². The molecule has 0 aliphatic heterocycles. The molecule has 0 fully saturated rings. The van der Waals surface area contributed by atoms with E-state index in [4.69, 9.17) is 10.2 Å². The van der Waals surface area contributed by atoms with E-state index in [1.807, 2.05) is 0 Å². The third-order valence-corrected chi connectivity index (χ3v) is 0.675. The van der Waals surface area contributed by atoms with Crippen molar-refractivity contribution in [2.45, 2.75) is 12.5 Å². The van der Waals surface area contributed by atoms with Gasteiger partial charge in [0.05, 0.1) is 12.1 Å². The quantitative estimate of drug-likeness (QED) is 0.369. The largest absolute Gasteiger partial charge is 1.00 e. The summed E-state index contributed by atoms with van der Waals surface area (Å²) >= 11 is 0. The molecule has 0 saturated heterocycles. The van der Waals surface area contributed by atoms with Gasteiger partial charge < -0.3 is 20.1 Å². The van der Waals surface area contributed by atoms with Gasteiger partial charge in [0.15, 0.2) is 0 Å². The molecule has 0 bridgehead atoms. The van der Waals surface area contributed by atoms with Crippen LogP contribution in [0.15, 0.2) is 0 Å². The molecule has 0 aliphatic carbocycles. The summed E-state index contributed by atoms with van der Waals surface area (Å²) in [5, 5.41) is 26.0. The van der Waals surface area contributed by atoms with E-state index in [1.165, 1.54) is 0 Å². The van der Waals surface area contributed by atoms with Gasteiger partial charge in [0.2, 0.25) is 0 Å². The molecule has 0 spiro atoms. The fraction of sp³-hybridized carbons (Fsp3) is 0.750. The number of hydrogen-bond donors (Lipinski definition) is 2. The molecule has 2 N–H and O–H groups in total. The predicted molar refractivity (Wildman–Crippen MR) is 22.7 cm³/mol. The number of carbonyl (C=O) groups excluding carboxylic acids is 1. The zero-order valence-corrected chi connectivity index (χ0v) is 5.20. The molecule has 0 aromatic carbocycles. The van der Waals surface area contributed by atoms with E-state index in [-0.39, 0.29) is 31.9 Å². The number of rotatable bonds is 3. The van der Waals surface area contributed by atoms with Gasteiger partial charge in [0.1, 0.15) is 0 Å².